The highest BCUT2D eigenvalue weighted by Crippen LogP contribution is 2.12. The maximum Gasteiger partial charge on any atom is 0.357 e. The van der Waals surface area contributed by atoms with E-state index >= 15 is 0 Å². The molecule has 17 heavy (non-hydrogen) atoms. The maximum absolute atomic E-state index is 10.5. The normalized spacial score (nSPS) is 14.3. The smallest absolute Gasteiger partial charge is 0.357 e. The van der Waals surface area contributed by atoms with Gasteiger partial charge in [-0.1, -0.05) is 0 Å². The summed E-state index contributed by atoms with van der Waals surface area (Å²) in [5, 5.41) is 21.2. The van der Waals surface area contributed by atoms with E-state index in [-0.39, 0.29) is 18.3 Å². The molecule has 0 spiro atoms. The number of oxazole rings is 1. The van der Waals surface area contributed by atoms with Crippen LogP contribution in [0.3, 0.4) is 0 Å². The zero-order chi connectivity index (χ0) is 12.9. The number of ether oxygens (including phenoxy) is 1. The van der Waals surface area contributed by atoms with Gasteiger partial charge in [0.2, 0.25) is 0 Å². The van der Waals surface area contributed by atoms with E-state index in [4.69, 9.17) is 14.3 Å². The second-order valence-electron chi connectivity index (χ2n) is 3.94. The number of nitrogens with zero attached hydrogens (tertiary/aromatic N) is 1. The van der Waals surface area contributed by atoms with Gasteiger partial charge in [-0.25, -0.2) is 4.79 Å². The lowest BCUT2D eigenvalue weighted by Crippen LogP contribution is -2.34. The molecule has 0 saturated carbocycles. The SMILES string of the molecule is COCCC(C)(O)CNc1nc(C(=O)O)co1. The molecule has 1 heterocycles. The standard InChI is InChI=1S/C10H16N2O5/c1-10(15,3-4-16-2)6-11-9-12-7(5-17-9)8(13)14/h5,15H,3-4,6H2,1-2H3,(H,11,12)(H,13,14). The van der Waals surface area contributed by atoms with Crippen LogP contribution in [0.5, 0.6) is 0 Å². The quantitative estimate of drug-likeness (QED) is 0.644. The molecule has 3 N–H and O–H groups in total. The molecule has 96 valence electrons. The monoisotopic (exact) mass is 244 g/mol. The molecule has 7 nitrogen and oxygen atoms in total. The largest absolute Gasteiger partial charge is 0.476 e. The van der Waals surface area contributed by atoms with Gasteiger partial charge in [0.25, 0.3) is 6.01 Å². The number of methoxy groups -OCH3 is 1. The molecule has 1 aromatic heterocycles. The summed E-state index contributed by atoms with van der Waals surface area (Å²) in [5.74, 6) is -1.16. The first-order valence-electron chi connectivity index (χ1n) is 5.08. The number of carboxylic acids is 1. The second-order valence-corrected chi connectivity index (χ2v) is 3.94. The van der Waals surface area contributed by atoms with Crippen molar-refractivity contribution in [1.82, 2.24) is 4.98 Å². The minimum atomic E-state index is -1.16. The molecule has 0 bridgehead atoms. The Labute approximate surface area is 98.4 Å². The van der Waals surface area contributed by atoms with Crippen LogP contribution in [-0.4, -0.2) is 47.0 Å². The van der Waals surface area contributed by atoms with Gasteiger partial charge >= 0.3 is 5.97 Å². The minimum absolute atomic E-state index is 0.0695. The van der Waals surface area contributed by atoms with Crippen LogP contribution in [0.25, 0.3) is 0 Å². The summed E-state index contributed by atoms with van der Waals surface area (Å²) in [6.45, 7) is 2.26. The summed E-state index contributed by atoms with van der Waals surface area (Å²) >= 11 is 0. The molecule has 1 unspecified atom stereocenters. The number of aromatic carboxylic acids is 1. The molecular weight excluding hydrogens is 228 g/mol. The Morgan fingerprint density at radius 1 is 1.71 bits per heavy atom. The van der Waals surface area contributed by atoms with Crippen LogP contribution in [0.4, 0.5) is 6.01 Å². The average molecular weight is 244 g/mol. The van der Waals surface area contributed by atoms with E-state index in [2.05, 4.69) is 10.3 Å². The van der Waals surface area contributed by atoms with Crippen molar-refractivity contribution in [3.05, 3.63) is 12.0 Å². The van der Waals surface area contributed by atoms with Crippen molar-refractivity contribution in [1.29, 1.82) is 0 Å². The highest BCUT2D eigenvalue weighted by Gasteiger charge is 2.21. The fourth-order valence-electron chi connectivity index (χ4n) is 1.13. The summed E-state index contributed by atoms with van der Waals surface area (Å²) in [6, 6.07) is 0.0695. The molecule has 1 atom stereocenters. The van der Waals surface area contributed by atoms with Crippen LogP contribution in [-0.2, 0) is 4.74 Å². The molecule has 1 rings (SSSR count). The molecule has 0 radical (unpaired) electrons. The van der Waals surface area contributed by atoms with E-state index in [0.717, 1.165) is 6.26 Å². The lowest BCUT2D eigenvalue weighted by molar-refractivity contribution is 0.0353. The number of carboxylic acid groups (broad SMARTS) is 1. The zero-order valence-electron chi connectivity index (χ0n) is 9.77. The Bertz CT molecular complexity index is 375. The van der Waals surface area contributed by atoms with Crippen molar-refractivity contribution in [2.45, 2.75) is 18.9 Å². The maximum atomic E-state index is 10.5. The fraction of sp³-hybridized carbons (Fsp3) is 0.600. The molecule has 0 aliphatic rings. The van der Waals surface area contributed by atoms with Gasteiger partial charge in [0.05, 0.1) is 5.60 Å². The number of anilines is 1. The first-order valence-corrected chi connectivity index (χ1v) is 5.08. The molecular formula is C10H16N2O5. The van der Waals surface area contributed by atoms with E-state index in [1.807, 2.05) is 0 Å². The molecule has 0 amide bonds. The zero-order valence-corrected chi connectivity index (χ0v) is 9.77. The highest BCUT2D eigenvalue weighted by atomic mass is 16.5. The summed E-state index contributed by atoms with van der Waals surface area (Å²) in [4.78, 5) is 14.2. The third-order valence-electron chi connectivity index (χ3n) is 2.19. The van der Waals surface area contributed by atoms with Crippen molar-refractivity contribution >= 4 is 12.0 Å². The Kier molecular flexibility index (Phi) is 4.47. The first-order chi connectivity index (χ1) is 7.94. The molecule has 1 aromatic rings. The van der Waals surface area contributed by atoms with Crippen molar-refractivity contribution in [2.24, 2.45) is 0 Å². The van der Waals surface area contributed by atoms with Gasteiger partial charge in [-0.3, -0.25) is 0 Å². The predicted molar refractivity (Wildman–Crippen MR) is 59.1 cm³/mol. The molecule has 0 aromatic carbocycles. The van der Waals surface area contributed by atoms with E-state index in [1.54, 1.807) is 14.0 Å². The third kappa shape index (κ3) is 4.41. The Morgan fingerprint density at radius 2 is 2.41 bits per heavy atom. The van der Waals surface area contributed by atoms with Crippen LogP contribution in [0.1, 0.15) is 23.8 Å². The van der Waals surface area contributed by atoms with Crippen molar-refractivity contribution in [2.75, 3.05) is 25.6 Å². The average Bonchev–Trinajstić information content (AvgIpc) is 2.73. The molecule has 0 aliphatic heterocycles. The number of hydrogen-bond acceptors (Lipinski definition) is 6. The fourth-order valence-corrected chi connectivity index (χ4v) is 1.13. The Morgan fingerprint density at radius 3 is 2.94 bits per heavy atom. The summed E-state index contributed by atoms with van der Waals surface area (Å²) in [6.07, 6.45) is 1.48. The van der Waals surface area contributed by atoms with Crippen LogP contribution >= 0.6 is 0 Å². The van der Waals surface area contributed by atoms with Crippen LogP contribution in [0, 0.1) is 0 Å². The molecule has 7 heteroatoms. The number of nitrogens with one attached hydrogen (secondary N) is 1. The third-order valence-corrected chi connectivity index (χ3v) is 2.19. The summed E-state index contributed by atoms with van der Waals surface area (Å²) in [5.41, 5.74) is -1.16. The first kappa shape index (κ1) is 13.5. The topological polar surface area (TPSA) is 105 Å². The number of aliphatic hydroxyl groups is 1. The van der Waals surface area contributed by atoms with Gasteiger partial charge in [-0.05, 0) is 6.92 Å². The lowest BCUT2D eigenvalue weighted by atomic mass is 10.0. The van der Waals surface area contributed by atoms with Gasteiger partial charge in [0.1, 0.15) is 6.26 Å². The summed E-state index contributed by atoms with van der Waals surface area (Å²) < 4.78 is 9.74. The van der Waals surface area contributed by atoms with E-state index in [0.29, 0.717) is 13.0 Å². The van der Waals surface area contributed by atoms with Crippen molar-refractivity contribution in [3.8, 4) is 0 Å². The molecule has 0 fully saturated rings. The Hall–Kier alpha value is -1.60. The Balaban J connectivity index is 2.46. The highest BCUT2D eigenvalue weighted by molar-refractivity contribution is 5.85. The van der Waals surface area contributed by atoms with E-state index in [9.17, 15) is 9.90 Å². The van der Waals surface area contributed by atoms with Crippen molar-refractivity contribution in [3.63, 3.8) is 0 Å². The minimum Gasteiger partial charge on any atom is -0.476 e. The van der Waals surface area contributed by atoms with Gasteiger partial charge < -0.3 is 24.7 Å². The van der Waals surface area contributed by atoms with Gasteiger partial charge in [-0.15, -0.1) is 0 Å². The number of hydrogen-bond donors (Lipinski definition) is 3. The van der Waals surface area contributed by atoms with Crippen LogP contribution < -0.4 is 5.32 Å². The molecule has 0 saturated heterocycles. The lowest BCUT2D eigenvalue weighted by Gasteiger charge is -2.22. The second kappa shape index (κ2) is 5.65. The van der Waals surface area contributed by atoms with Gasteiger partial charge in [0.15, 0.2) is 5.69 Å². The van der Waals surface area contributed by atoms with E-state index in [1.165, 1.54) is 0 Å². The van der Waals surface area contributed by atoms with E-state index < -0.39 is 11.6 Å². The predicted octanol–water partition coefficient (Wildman–Crippen LogP) is 0.572. The number of carbonyl (C=O) groups is 1. The van der Waals surface area contributed by atoms with Gasteiger partial charge in [-0.2, -0.15) is 4.98 Å². The van der Waals surface area contributed by atoms with Crippen molar-refractivity contribution < 1.29 is 24.2 Å². The van der Waals surface area contributed by atoms with Crippen LogP contribution in [0.15, 0.2) is 10.7 Å². The number of aromatic nitrogens is 1. The number of rotatable bonds is 7. The van der Waals surface area contributed by atoms with Gasteiger partial charge in [0, 0.05) is 26.7 Å². The van der Waals surface area contributed by atoms with Crippen LogP contribution in [0.2, 0.25) is 0 Å². The summed E-state index contributed by atoms with van der Waals surface area (Å²) in [7, 11) is 1.55. The molecule has 0 aliphatic carbocycles.